The number of alkyl halides is 3. The number of pyridine rings is 1. The van der Waals surface area contributed by atoms with Gasteiger partial charge < -0.3 is 20.1 Å². The minimum Gasteiger partial charge on any atom is -0.484 e. The highest BCUT2D eigenvalue weighted by molar-refractivity contribution is 5.79. The fraction of sp³-hybridized carbons (Fsp3) is 0.333. The standard InChI is InChI=1S/C18H21F3N4O2/c1-22-17(24-11-14-4-3-5-16(25-14)26-2)23-10-13-6-8-15(9-7-13)27-12-18(19,20)21/h3-9H,10-12H2,1-2H3,(H2,22,23,24). The summed E-state index contributed by atoms with van der Waals surface area (Å²) >= 11 is 0. The molecule has 0 radical (unpaired) electrons. The molecule has 0 saturated heterocycles. The van der Waals surface area contributed by atoms with Gasteiger partial charge in [-0.25, -0.2) is 4.98 Å². The molecule has 0 spiro atoms. The summed E-state index contributed by atoms with van der Waals surface area (Å²) in [5.74, 6) is 1.27. The molecule has 2 rings (SSSR count). The molecule has 2 N–H and O–H groups in total. The second-order valence-corrected chi connectivity index (χ2v) is 5.50. The number of benzene rings is 1. The minimum atomic E-state index is -4.35. The van der Waals surface area contributed by atoms with Crippen molar-refractivity contribution in [2.24, 2.45) is 4.99 Å². The molecule has 9 heteroatoms. The molecule has 0 unspecified atom stereocenters. The average Bonchev–Trinajstić information content (AvgIpc) is 2.67. The van der Waals surface area contributed by atoms with Gasteiger partial charge in [0.2, 0.25) is 5.88 Å². The lowest BCUT2D eigenvalue weighted by Gasteiger charge is -2.13. The molecular formula is C18H21F3N4O2. The maximum absolute atomic E-state index is 12.1. The lowest BCUT2D eigenvalue weighted by atomic mass is 10.2. The van der Waals surface area contributed by atoms with Crippen molar-refractivity contribution in [2.45, 2.75) is 19.3 Å². The molecule has 0 bridgehead atoms. The first-order valence-corrected chi connectivity index (χ1v) is 8.12. The smallest absolute Gasteiger partial charge is 0.422 e. The van der Waals surface area contributed by atoms with E-state index in [4.69, 9.17) is 4.74 Å². The van der Waals surface area contributed by atoms with Crippen molar-refractivity contribution in [3.63, 3.8) is 0 Å². The van der Waals surface area contributed by atoms with E-state index in [1.54, 1.807) is 32.4 Å². The number of rotatable bonds is 7. The highest BCUT2D eigenvalue weighted by atomic mass is 19.4. The number of halogens is 3. The Hall–Kier alpha value is -2.97. The summed E-state index contributed by atoms with van der Waals surface area (Å²) in [5, 5.41) is 6.25. The number of hydrogen-bond donors (Lipinski definition) is 2. The van der Waals surface area contributed by atoms with Crippen LogP contribution in [-0.4, -0.2) is 37.9 Å². The zero-order valence-corrected chi connectivity index (χ0v) is 15.0. The van der Waals surface area contributed by atoms with Gasteiger partial charge in [0, 0.05) is 19.7 Å². The Balaban J connectivity index is 1.81. The third-order valence-electron chi connectivity index (χ3n) is 3.44. The molecule has 1 aromatic carbocycles. The van der Waals surface area contributed by atoms with Crippen LogP contribution in [0.3, 0.4) is 0 Å². The van der Waals surface area contributed by atoms with Crippen LogP contribution in [0.2, 0.25) is 0 Å². The van der Waals surface area contributed by atoms with E-state index in [0.717, 1.165) is 11.3 Å². The summed E-state index contributed by atoms with van der Waals surface area (Å²) in [7, 11) is 3.20. The van der Waals surface area contributed by atoms with Gasteiger partial charge in [-0.1, -0.05) is 18.2 Å². The van der Waals surface area contributed by atoms with E-state index in [0.29, 0.717) is 24.9 Å². The summed E-state index contributed by atoms with van der Waals surface area (Å²) in [4.78, 5) is 8.42. The average molecular weight is 382 g/mol. The Bertz CT molecular complexity index is 749. The molecule has 0 fully saturated rings. The molecule has 0 amide bonds. The van der Waals surface area contributed by atoms with Gasteiger partial charge >= 0.3 is 6.18 Å². The summed E-state index contributed by atoms with van der Waals surface area (Å²) in [6, 6.07) is 11.9. The number of ether oxygens (including phenoxy) is 2. The van der Waals surface area contributed by atoms with Crippen molar-refractivity contribution in [3.8, 4) is 11.6 Å². The molecular weight excluding hydrogens is 361 g/mol. The summed E-state index contributed by atoms with van der Waals surface area (Å²) in [6.45, 7) is -0.397. The topological polar surface area (TPSA) is 67.8 Å². The van der Waals surface area contributed by atoms with E-state index in [9.17, 15) is 13.2 Å². The number of nitrogens with zero attached hydrogens (tertiary/aromatic N) is 2. The van der Waals surface area contributed by atoms with Crippen molar-refractivity contribution in [1.82, 2.24) is 15.6 Å². The summed E-state index contributed by atoms with van der Waals surface area (Å²) < 4.78 is 46.2. The minimum absolute atomic E-state index is 0.169. The predicted molar refractivity (Wildman–Crippen MR) is 95.8 cm³/mol. The first kappa shape index (κ1) is 20.3. The van der Waals surface area contributed by atoms with Crippen LogP contribution < -0.4 is 20.1 Å². The van der Waals surface area contributed by atoms with Crippen molar-refractivity contribution in [1.29, 1.82) is 0 Å². The number of hydrogen-bond acceptors (Lipinski definition) is 4. The van der Waals surface area contributed by atoms with Gasteiger partial charge in [0.05, 0.1) is 19.3 Å². The van der Waals surface area contributed by atoms with Gasteiger partial charge in [0.1, 0.15) is 5.75 Å². The van der Waals surface area contributed by atoms with E-state index < -0.39 is 12.8 Å². The molecule has 0 aliphatic rings. The van der Waals surface area contributed by atoms with Crippen molar-refractivity contribution in [2.75, 3.05) is 20.8 Å². The maximum Gasteiger partial charge on any atom is 0.422 e. The first-order chi connectivity index (χ1) is 12.9. The predicted octanol–water partition coefficient (Wildman–Crippen LogP) is 2.90. The number of aliphatic imine (C=N–C) groups is 1. The van der Waals surface area contributed by atoms with E-state index in [2.05, 4.69) is 25.3 Å². The lowest BCUT2D eigenvalue weighted by molar-refractivity contribution is -0.153. The number of nitrogens with one attached hydrogen (secondary N) is 2. The second kappa shape index (κ2) is 9.65. The van der Waals surface area contributed by atoms with Crippen LogP contribution in [0.25, 0.3) is 0 Å². The largest absolute Gasteiger partial charge is 0.484 e. The first-order valence-electron chi connectivity index (χ1n) is 8.12. The Morgan fingerprint density at radius 3 is 2.41 bits per heavy atom. The van der Waals surface area contributed by atoms with Gasteiger partial charge in [0.15, 0.2) is 12.6 Å². The van der Waals surface area contributed by atoms with E-state index in [1.807, 2.05) is 12.1 Å². The molecule has 0 aliphatic carbocycles. The van der Waals surface area contributed by atoms with Crippen LogP contribution in [0.4, 0.5) is 13.2 Å². The molecule has 27 heavy (non-hydrogen) atoms. The summed E-state index contributed by atoms with van der Waals surface area (Å²) in [5.41, 5.74) is 1.67. The number of guanidine groups is 1. The van der Waals surface area contributed by atoms with E-state index in [1.165, 1.54) is 12.1 Å². The Labute approximate surface area is 155 Å². The molecule has 2 aromatic rings. The van der Waals surface area contributed by atoms with Crippen LogP contribution in [0.15, 0.2) is 47.5 Å². The molecule has 0 aliphatic heterocycles. The highest BCUT2D eigenvalue weighted by Crippen LogP contribution is 2.18. The van der Waals surface area contributed by atoms with Gasteiger partial charge in [-0.3, -0.25) is 4.99 Å². The second-order valence-electron chi connectivity index (χ2n) is 5.50. The molecule has 1 aromatic heterocycles. The van der Waals surface area contributed by atoms with Gasteiger partial charge in [-0.05, 0) is 23.8 Å². The van der Waals surface area contributed by atoms with Gasteiger partial charge in [-0.2, -0.15) is 13.2 Å². The zero-order chi connectivity index (χ0) is 19.7. The van der Waals surface area contributed by atoms with E-state index >= 15 is 0 Å². The Morgan fingerprint density at radius 2 is 1.78 bits per heavy atom. The SMILES string of the molecule is CN=C(NCc1ccc(OCC(F)(F)F)cc1)NCc1cccc(OC)n1. The van der Waals surface area contributed by atoms with Crippen LogP contribution in [0, 0.1) is 0 Å². The van der Waals surface area contributed by atoms with Crippen LogP contribution in [-0.2, 0) is 13.1 Å². The van der Waals surface area contributed by atoms with Crippen molar-refractivity contribution in [3.05, 3.63) is 53.7 Å². The molecule has 1 heterocycles. The number of methoxy groups -OCH3 is 1. The van der Waals surface area contributed by atoms with Crippen molar-refractivity contribution >= 4 is 5.96 Å². The molecule has 6 nitrogen and oxygen atoms in total. The number of aromatic nitrogens is 1. The monoisotopic (exact) mass is 382 g/mol. The quantitative estimate of drug-likeness (QED) is 0.569. The zero-order valence-electron chi connectivity index (χ0n) is 15.0. The molecule has 0 saturated carbocycles. The fourth-order valence-corrected chi connectivity index (χ4v) is 2.12. The van der Waals surface area contributed by atoms with Gasteiger partial charge in [0.25, 0.3) is 0 Å². The van der Waals surface area contributed by atoms with E-state index in [-0.39, 0.29) is 5.75 Å². The van der Waals surface area contributed by atoms with Crippen LogP contribution >= 0.6 is 0 Å². The normalized spacial score (nSPS) is 11.8. The van der Waals surface area contributed by atoms with Crippen molar-refractivity contribution < 1.29 is 22.6 Å². The third-order valence-corrected chi connectivity index (χ3v) is 3.44. The Kier molecular flexibility index (Phi) is 7.27. The van der Waals surface area contributed by atoms with Gasteiger partial charge in [-0.15, -0.1) is 0 Å². The maximum atomic E-state index is 12.1. The molecule has 0 atom stereocenters. The van der Waals surface area contributed by atoms with Crippen LogP contribution in [0.5, 0.6) is 11.6 Å². The molecule has 146 valence electrons. The highest BCUT2D eigenvalue weighted by Gasteiger charge is 2.28. The third kappa shape index (κ3) is 7.43. The lowest BCUT2D eigenvalue weighted by Crippen LogP contribution is -2.36. The summed E-state index contributed by atoms with van der Waals surface area (Å²) in [6.07, 6.45) is -4.35. The Morgan fingerprint density at radius 1 is 1.07 bits per heavy atom. The van der Waals surface area contributed by atoms with Crippen LogP contribution in [0.1, 0.15) is 11.3 Å². The fourth-order valence-electron chi connectivity index (χ4n) is 2.12.